The van der Waals surface area contributed by atoms with Crippen LogP contribution >= 0.6 is 24.1 Å². The summed E-state index contributed by atoms with van der Waals surface area (Å²) in [4.78, 5) is 25.1. The van der Waals surface area contributed by atoms with Crippen LogP contribution in [0.5, 0.6) is 0 Å². The van der Waals surface area contributed by atoms with Crippen molar-refractivity contribution < 1.29 is 102 Å². The summed E-state index contributed by atoms with van der Waals surface area (Å²) < 4.78 is 148. The monoisotopic (exact) mass is 1240 g/mol. The summed E-state index contributed by atoms with van der Waals surface area (Å²) in [6.07, 6.45) is 2.63. The van der Waals surface area contributed by atoms with Gasteiger partial charge in [0.15, 0.2) is 0 Å². The Hall–Kier alpha value is -6.62. The van der Waals surface area contributed by atoms with Crippen LogP contribution in [0.15, 0.2) is 102 Å². The van der Waals surface area contributed by atoms with Gasteiger partial charge in [0, 0.05) is 47.3 Å². The van der Waals surface area contributed by atoms with E-state index in [1.54, 1.807) is 0 Å². The fraction of sp³-hybridized carbons (Fsp3) is 0.200. The largest absolute Gasteiger partial charge is 0.395 e. The molecule has 0 saturated heterocycles. The highest BCUT2D eigenvalue weighted by Crippen LogP contribution is 2.34. The summed E-state index contributed by atoms with van der Waals surface area (Å²) in [6, 6.07) is 13.4. The number of nitrogens with zero attached hydrogens (tertiary/aromatic N) is 8. The first-order chi connectivity index (χ1) is 37.9. The van der Waals surface area contributed by atoms with Crippen LogP contribution in [-0.2, 0) is 59.2 Å². The zero-order valence-electron chi connectivity index (χ0n) is 40.1. The number of benzene rings is 4. The molecule has 0 fully saturated rings. The Kier molecular flexibility index (Phi) is 21.7. The van der Waals surface area contributed by atoms with Crippen molar-refractivity contribution in [2.45, 2.75) is 29.4 Å². The van der Waals surface area contributed by atoms with Crippen molar-refractivity contribution in [3.63, 3.8) is 0 Å². The fourth-order valence-corrected chi connectivity index (χ4v) is 10.4. The number of hydrogen-bond acceptors (Lipinski definition) is 32. The molecule has 2 aromatic heterocycles. The molecule has 0 unspecified atom stereocenters. The molecule has 34 nitrogen and oxygen atoms in total. The highest BCUT2D eigenvalue weighted by Gasteiger charge is 2.25. The number of aliphatic hydroxyl groups excluding tert-OH is 4. The van der Waals surface area contributed by atoms with Gasteiger partial charge in [-0.05, 0) is 71.8 Å². The Balaban J connectivity index is 1.34. The van der Waals surface area contributed by atoms with E-state index in [4.69, 9.17) is 14.8 Å². The maximum atomic E-state index is 12.9. The molecular weight excluding hydrogens is 1190 g/mol. The van der Waals surface area contributed by atoms with Gasteiger partial charge in [0.05, 0.1) is 66.8 Å². The summed E-state index contributed by atoms with van der Waals surface area (Å²) in [5.41, 5.74) is -0.537. The average molecular weight is 1240 g/mol. The summed E-state index contributed by atoms with van der Waals surface area (Å²) in [7, 11) is -20.1. The SMILES string of the molecule is O=S(=O)(O)c1ccc(Nc2nc(Nc3ccc(/C=C/c4ccc(Nc5nc(Nc6ccc(SOOO)cc6S(=O)(=O)O)nc(N(CCO)CCO)n5)cc4S(=O)(=O)O)c(SOOO)c3)nc(N(CCO)CCO)n2)c(S(=O)(=O)O)c1. The van der Waals surface area contributed by atoms with Gasteiger partial charge in [0.2, 0.25) is 35.7 Å². The fourth-order valence-electron chi connectivity index (χ4n) is 6.77. The lowest BCUT2D eigenvalue weighted by Crippen LogP contribution is -2.31. The topological polar surface area (TPSA) is 508 Å². The second-order valence-corrected chi connectivity index (χ2v) is 22.5. The van der Waals surface area contributed by atoms with Gasteiger partial charge in [-0.15, -0.1) is 8.67 Å². The van der Waals surface area contributed by atoms with Crippen molar-refractivity contribution in [3.05, 3.63) is 83.9 Å². The molecular formula is C40H44N12O22S6. The van der Waals surface area contributed by atoms with Crippen molar-refractivity contribution in [1.29, 1.82) is 0 Å². The van der Waals surface area contributed by atoms with E-state index in [0.717, 1.165) is 24.3 Å². The van der Waals surface area contributed by atoms with Crippen LogP contribution in [0.3, 0.4) is 0 Å². The molecule has 0 aliphatic rings. The van der Waals surface area contributed by atoms with E-state index in [9.17, 15) is 72.3 Å². The van der Waals surface area contributed by atoms with Crippen molar-refractivity contribution in [1.82, 2.24) is 29.9 Å². The van der Waals surface area contributed by atoms with Crippen molar-refractivity contribution >= 4 is 135 Å². The number of aromatic nitrogens is 6. The number of anilines is 10. The minimum Gasteiger partial charge on any atom is -0.395 e. The third kappa shape index (κ3) is 17.4. The van der Waals surface area contributed by atoms with E-state index >= 15 is 0 Å². The number of hydrogen-bond donors (Lipinski definition) is 14. The van der Waals surface area contributed by atoms with Crippen LogP contribution < -0.4 is 31.1 Å². The second-order valence-electron chi connectivity index (χ2n) is 15.4. The molecule has 6 aromatic rings. The van der Waals surface area contributed by atoms with Gasteiger partial charge in [-0.1, -0.05) is 34.4 Å². The molecule has 0 amide bonds. The molecule has 4 aromatic carbocycles. The highest BCUT2D eigenvalue weighted by atomic mass is 32.2. The van der Waals surface area contributed by atoms with Crippen LogP contribution in [0.4, 0.5) is 58.4 Å². The Morgan fingerprint density at radius 2 is 0.887 bits per heavy atom. The number of rotatable bonds is 30. The van der Waals surface area contributed by atoms with Crippen molar-refractivity contribution in [2.24, 2.45) is 0 Å². The molecule has 0 bridgehead atoms. The van der Waals surface area contributed by atoms with Crippen LogP contribution in [0.2, 0.25) is 0 Å². The van der Waals surface area contributed by atoms with Crippen molar-refractivity contribution in [2.75, 3.05) is 83.7 Å². The van der Waals surface area contributed by atoms with E-state index in [1.165, 1.54) is 64.4 Å². The lowest BCUT2D eigenvalue weighted by atomic mass is 10.1. The summed E-state index contributed by atoms with van der Waals surface area (Å²) >= 11 is 0.826. The molecule has 80 heavy (non-hydrogen) atoms. The Morgan fingerprint density at radius 3 is 1.35 bits per heavy atom. The van der Waals surface area contributed by atoms with Gasteiger partial charge < -0.3 is 51.5 Å². The van der Waals surface area contributed by atoms with Crippen LogP contribution in [0.25, 0.3) is 12.2 Å². The third-order valence-corrected chi connectivity index (χ3v) is 14.9. The van der Waals surface area contributed by atoms with Gasteiger partial charge >= 0.3 is 0 Å². The molecule has 2 heterocycles. The first-order valence-electron chi connectivity index (χ1n) is 21.8. The first-order valence-corrected chi connectivity index (χ1v) is 29.1. The maximum Gasteiger partial charge on any atom is 0.296 e. The number of nitrogens with one attached hydrogen (secondary N) is 4. The van der Waals surface area contributed by atoms with Crippen LogP contribution in [-0.4, -0.2) is 165 Å². The molecule has 0 atom stereocenters. The van der Waals surface area contributed by atoms with Crippen LogP contribution in [0.1, 0.15) is 11.1 Å². The predicted molar refractivity (Wildman–Crippen MR) is 281 cm³/mol. The summed E-state index contributed by atoms with van der Waals surface area (Å²) in [6.45, 7) is -2.35. The zero-order valence-corrected chi connectivity index (χ0v) is 45.0. The summed E-state index contributed by atoms with van der Waals surface area (Å²) in [5.74, 6) is -1.87. The smallest absolute Gasteiger partial charge is 0.296 e. The average Bonchev–Trinajstić information content (AvgIpc) is 3.38. The van der Waals surface area contributed by atoms with E-state index < -0.39 is 98.1 Å². The number of aliphatic hydroxyl groups is 4. The van der Waals surface area contributed by atoms with E-state index in [2.05, 4.69) is 65.6 Å². The Morgan fingerprint density at radius 1 is 0.463 bits per heavy atom. The third-order valence-electron chi connectivity index (χ3n) is 10.1. The maximum absolute atomic E-state index is 12.9. The second kappa shape index (κ2) is 27.7. The first kappa shape index (κ1) is 62.6. The van der Waals surface area contributed by atoms with E-state index in [1.807, 2.05) is 0 Å². The van der Waals surface area contributed by atoms with Gasteiger partial charge in [-0.2, -0.15) is 63.6 Å². The molecule has 40 heteroatoms. The molecule has 0 spiro atoms. The summed E-state index contributed by atoms with van der Waals surface area (Å²) in [5, 5.41) is 74.6. The minimum absolute atomic E-state index is 0.0394. The Labute approximate surface area is 461 Å². The van der Waals surface area contributed by atoms with Crippen molar-refractivity contribution in [3.8, 4) is 0 Å². The minimum atomic E-state index is -5.17. The molecule has 0 radical (unpaired) electrons. The van der Waals surface area contributed by atoms with Gasteiger partial charge in [0.25, 0.3) is 40.5 Å². The standard InChI is InChI=1S/C40H44N12O22S6/c53-15-11-51(12-16-54)39-47-35(45-38(50-39)44-30-10-8-28(77(59,60)61)22-34(30)80(68,69)70)41-25-5-3-23(31(19-25)76-74-72-58)1-2-24-4-6-26(20-32(24)78(62,63)64)42-36-46-37(49-40(48-36)52(13-17-55)14-18-56)43-29-9-7-27(75-73-71-57)21-33(29)79(65,66)67/h1-10,19-22,53-58H,11-18H2,(H,59,60,61)(H,62,63,64)(H,65,66,67)(H,68,69,70)(H2,41,44,45,47,50)(H2,42,43,46,48,49)/b2-1+. The molecule has 432 valence electrons. The van der Waals surface area contributed by atoms with Gasteiger partial charge in [-0.3, -0.25) is 18.2 Å². The molecule has 14 N–H and O–H groups in total. The normalized spacial score (nSPS) is 12.2. The Bertz CT molecular complexity index is 3660. The van der Waals surface area contributed by atoms with Crippen LogP contribution in [0, 0.1) is 0 Å². The molecule has 0 saturated carbocycles. The molecule has 0 aliphatic heterocycles. The quantitative estimate of drug-likeness (QED) is 0.0101. The van der Waals surface area contributed by atoms with Gasteiger partial charge in [-0.25, -0.2) is 10.5 Å². The lowest BCUT2D eigenvalue weighted by molar-refractivity contribution is -0.432. The van der Waals surface area contributed by atoms with E-state index in [-0.39, 0.29) is 93.9 Å². The van der Waals surface area contributed by atoms with Gasteiger partial charge in [0.1, 0.15) is 14.7 Å². The molecule has 6 rings (SSSR count). The predicted octanol–water partition coefficient (Wildman–Crippen LogP) is 2.63. The highest BCUT2D eigenvalue weighted by molar-refractivity contribution is 7.95. The zero-order chi connectivity index (χ0) is 58.4. The molecule has 0 aliphatic carbocycles. The lowest BCUT2D eigenvalue weighted by Gasteiger charge is -2.22. The van der Waals surface area contributed by atoms with E-state index in [0.29, 0.717) is 30.2 Å².